The molecular formula is C11H22N2OS. The van der Waals surface area contributed by atoms with Crippen LogP contribution in [0.2, 0.25) is 0 Å². The first-order valence-corrected chi connectivity index (χ1v) is 7.16. The molecule has 0 aromatic rings. The van der Waals surface area contributed by atoms with Crippen LogP contribution in [0.1, 0.15) is 19.8 Å². The van der Waals surface area contributed by atoms with Crippen molar-refractivity contribution in [2.75, 3.05) is 44.7 Å². The SMILES string of the molecule is CCN1CCN(C(=O)CCCSC)CC1. The standard InChI is InChI=1S/C11H22N2OS/c1-3-12-6-8-13(9-7-12)11(14)5-4-10-15-2/h3-10H2,1-2H3. The van der Waals surface area contributed by atoms with Crippen molar-refractivity contribution >= 4 is 17.7 Å². The van der Waals surface area contributed by atoms with Crippen molar-refractivity contribution in [3.63, 3.8) is 0 Å². The molecule has 0 saturated carbocycles. The van der Waals surface area contributed by atoms with Gasteiger partial charge >= 0.3 is 0 Å². The van der Waals surface area contributed by atoms with Gasteiger partial charge in [0.2, 0.25) is 5.91 Å². The number of amides is 1. The van der Waals surface area contributed by atoms with Crippen LogP contribution >= 0.6 is 11.8 Å². The number of piperazine rings is 1. The number of rotatable bonds is 5. The average Bonchev–Trinajstić information content (AvgIpc) is 2.29. The number of carbonyl (C=O) groups excluding carboxylic acids is 1. The molecule has 88 valence electrons. The van der Waals surface area contributed by atoms with Crippen molar-refractivity contribution in [1.29, 1.82) is 0 Å². The maximum atomic E-state index is 11.8. The Balaban J connectivity index is 2.18. The zero-order valence-corrected chi connectivity index (χ0v) is 10.7. The van der Waals surface area contributed by atoms with Gasteiger partial charge in [-0.3, -0.25) is 4.79 Å². The van der Waals surface area contributed by atoms with E-state index in [1.807, 2.05) is 16.7 Å². The molecule has 0 atom stereocenters. The molecule has 0 N–H and O–H groups in total. The van der Waals surface area contributed by atoms with Crippen molar-refractivity contribution in [2.45, 2.75) is 19.8 Å². The quantitative estimate of drug-likeness (QED) is 0.665. The van der Waals surface area contributed by atoms with Crippen LogP contribution in [0.15, 0.2) is 0 Å². The summed E-state index contributed by atoms with van der Waals surface area (Å²) in [5.41, 5.74) is 0. The average molecular weight is 230 g/mol. The number of nitrogens with zero attached hydrogens (tertiary/aromatic N) is 2. The van der Waals surface area contributed by atoms with E-state index in [1.165, 1.54) is 0 Å². The van der Waals surface area contributed by atoms with Gasteiger partial charge in [0.05, 0.1) is 0 Å². The predicted octanol–water partition coefficient (Wildman–Crippen LogP) is 1.29. The zero-order chi connectivity index (χ0) is 11.1. The topological polar surface area (TPSA) is 23.6 Å². The second-order valence-electron chi connectivity index (χ2n) is 3.91. The molecule has 3 nitrogen and oxygen atoms in total. The first-order valence-electron chi connectivity index (χ1n) is 5.77. The minimum atomic E-state index is 0.347. The van der Waals surface area contributed by atoms with Crippen molar-refractivity contribution in [3.05, 3.63) is 0 Å². The lowest BCUT2D eigenvalue weighted by atomic mass is 10.2. The van der Waals surface area contributed by atoms with Crippen LogP contribution in [-0.4, -0.2) is 60.4 Å². The minimum absolute atomic E-state index is 0.347. The van der Waals surface area contributed by atoms with Gasteiger partial charge in [-0.05, 0) is 25.0 Å². The first kappa shape index (κ1) is 12.8. The number of carbonyl (C=O) groups is 1. The fourth-order valence-corrected chi connectivity index (χ4v) is 2.27. The summed E-state index contributed by atoms with van der Waals surface area (Å²) in [4.78, 5) is 16.2. The molecule has 0 aliphatic carbocycles. The highest BCUT2D eigenvalue weighted by Crippen LogP contribution is 2.06. The van der Waals surface area contributed by atoms with E-state index in [2.05, 4.69) is 18.1 Å². The molecule has 0 aromatic heterocycles. The fourth-order valence-electron chi connectivity index (χ4n) is 1.84. The molecular weight excluding hydrogens is 208 g/mol. The Hall–Kier alpha value is -0.220. The summed E-state index contributed by atoms with van der Waals surface area (Å²) in [5.74, 6) is 1.44. The molecule has 15 heavy (non-hydrogen) atoms. The molecule has 1 aliphatic heterocycles. The van der Waals surface area contributed by atoms with Crippen molar-refractivity contribution in [2.24, 2.45) is 0 Å². The highest BCUT2D eigenvalue weighted by Gasteiger charge is 2.19. The second kappa shape index (κ2) is 7.12. The molecule has 0 aromatic carbocycles. The lowest BCUT2D eigenvalue weighted by Gasteiger charge is -2.34. The van der Waals surface area contributed by atoms with Crippen LogP contribution < -0.4 is 0 Å². The predicted molar refractivity (Wildman–Crippen MR) is 66.3 cm³/mol. The molecule has 1 aliphatic rings. The third-order valence-electron chi connectivity index (χ3n) is 2.91. The summed E-state index contributed by atoms with van der Waals surface area (Å²) >= 11 is 1.82. The summed E-state index contributed by atoms with van der Waals surface area (Å²) in [6.07, 6.45) is 3.84. The minimum Gasteiger partial charge on any atom is -0.340 e. The first-order chi connectivity index (χ1) is 7.27. The van der Waals surface area contributed by atoms with Gasteiger partial charge in [-0.2, -0.15) is 11.8 Å². The highest BCUT2D eigenvalue weighted by molar-refractivity contribution is 7.98. The van der Waals surface area contributed by atoms with E-state index in [0.717, 1.165) is 51.3 Å². The van der Waals surface area contributed by atoms with E-state index in [4.69, 9.17) is 0 Å². The second-order valence-corrected chi connectivity index (χ2v) is 4.90. The number of hydrogen-bond acceptors (Lipinski definition) is 3. The Morgan fingerprint density at radius 1 is 1.27 bits per heavy atom. The van der Waals surface area contributed by atoms with E-state index in [9.17, 15) is 4.79 Å². The van der Waals surface area contributed by atoms with Crippen LogP contribution in [0, 0.1) is 0 Å². The van der Waals surface area contributed by atoms with Gasteiger partial charge in [-0.1, -0.05) is 6.92 Å². The Morgan fingerprint density at radius 2 is 1.93 bits per heavy atom. The van der Waals surface area contributed by atoms with E-state index in [1.54, 1.807) is 0 Å². The van der Waals surface area contributed by atoms with E-state index >= 15 is 0 Å². The molecule has 4 heteroatoms. The lowest BCUT2D eigenvalue weighted by Crippen LogP contribution is -2.48. The molecule has 1 fully saturated rings. The smallest absolute Gasteiger partial charge is 0.222 e. The third kappa shape index (κ3) is 4.43. The summed E-state index contributed by atoms with van der Waals surface area (Å²) in [6, 6.07) is 0. The zero-order valence-electron chi connectivity index (χ0n) is 9.87. The van der Waals surface area contributed by atoms with E-state index in [-0.39, 0.29) is 0 Å². The van der Waals surface area contributed by atoms with Gasteiger partial charge in [-0.15, -0.1) is 0 Å². The van der Waals surface area contributed by atoms with Gasteiger partial charge in [0.1, 0.15) is 0 Å². The summed E-state index contributed by atoms with van der Waals surface area (Å²) in [6.45, 7) is 7.22. The van der Waals surface area contributed by atoms with Gasteiger partial charge < -0.3 is 9.80 Å². The highest BCUT2D eigenvalue weighted by atomic mass is 32.2. The van der Waals surface area contributed by atoms with Crippen molar-refractivity contribution in [3.8, 4) is 0 Å². The number of thioether (sulfide) groups is 1. The largest absolute Gasteiger partial charge is 0.340 e. The molecule has 1 rings (SSSR count). The van der Waals surface area contributed by atoms with Gasteiger partial charge in [0.25, 0.3) is 0 Å². The molecule has 0 radical (unpaired) electrons. The monoisotopic (exact) mass is 230 g/mol. The van der Waals surface area contributed by atoms with Gasteiger partial charge in [0, 0.05) is 32.6 Å². The summed E-state index contributed by atoms with van der Waals surface area (Å²) in [7, 11) is 0. The van der Waals surface area contributed by atoms with Gasteiger partial charge in [0.15, 0.2) is 0 Å². The van der Waals surface area contributed by atoms with Crippen molar-refractivity contribution in [1.82, 2.24) is 9.80 Å². The van der Waals surface area contributed by atoms with Crippen LogP contribution in [0.3, 0.4) is 0 Å². The Kier molecular flexibility index (Phi) is 6.10. The van der Waals surface area contributed by atoms with Crippen LogP contribution in [0.5, 0.6) is 0 Å². The molecule has 1 heterocycles. The number of likely N-dealkylation sites (N-methyl/N-ethyl adjacent to an activating group) is 1. The van der Waals surface area contributed by atoms with Crippen LogP contribution in [0.4, 0.5) is 0 Å². The molecule has 0 bridgehead atoms. The molecule has 1 amide bonds. The molecule has 0 spiro atoms. The summed E-state index contributed by atoms with van der Waals surface area (Å²) < 4.78 is 0. The Labute approximate surface area is 97.2 Å². The lowest BCUT2D eigenvalue weighted by molar-refractivity contribution is -0.132. The number of hydrogen-bond donors (Lipinski definition) is 0. The van der Waals surface area contributed by atoms with Crippen LogP contribution in [0.25, 0.3) is 0 Å². The summed E-state index contributed by atoms with van der Waals surface area (Å²) in [5, 5.41) is 0. The maximum absolute atomic E-state index is 11.8. The normalized spacial score (nSPS) is 18.1. The molecule has 1 saturated heterocycles. The third-order valence-corrected chi connectivity index (χ3v) is 3.61. The maximum Gasteiger partial charge on any atom is 0.222 e. The van der Waals surface area contributed by atoms with Crippen LogP contribution in [-0.2, 0) is 4.79 Å². The van der Waals surface area contributed by atoms with Crippen molar-refractivity contribution < 1.29 is 4.79 Å². The van der Waals surface area contributed by atoms with Gasteiger partial charge in [-0.25, -0.2) is 0 Å². The van der Waals surface area contributed by atoms with E-state index in [0.29, 0.717) is 5.91 Å². The molecule has 0 unspecified atom stereocenters. The fraction of sp³-hybridized carbons (Fsp3) is 0.909. The van der Waals surface area contributed by atoms with E-state index < -0.39 is 0 Å². The Morgan fingerprint density at radius 3 is 2.47 bits per heavy atom. The Bertz CT molecular complexity index is 191.